The molecule has 8 heteroatoms. The Morgan fingerprint density at radius 3 is 2.48 bits per heavy atom. The Labute approximate surface area is 141 Å². The summed E-state index contributed by atoms with van der Waals surface area (Å²) in [6.45, 7) is 2.33. The molecular weight excluding hydrogens is 368 g/mol. The largest absolute Gasteiger partial charge is 0.493 e. The van der Waals surface area contributed by atoms with Crippen LogP contribution in [0.4, 0.5) is 0 Å². The minimum atomic E-state index is -0.568. The molecule has 0 aliphatic heterocycles. The summed E-state index contributed by atoms with van der Waals surface area (Å²) < 4.78 is 16.1. The zero-order valence-electron chi connectivity index (χ0n) is 12.5. The molecule has 0 saturated heterocycles. The highest BCUT2D eigenvalue weighted by molar-refractivity contribution is 9.10. The van der Waals surface area contributed by atoms with Crippen LogP contribution in [0.5, 0.6) is 11.5 Å². The topological polar surface area (TPSA) is 89.8 Å². The van der Waals surface area contributed by atoms with Crippen LogP contribution in [-0.2, 0) is 0 Å². The average Bonchev–Trinajstić information content (AvgIpc) is 2.99. The van der Waals surface area contributed by atoms with Gasteiger partial charge in [-0.3, -0.25) is 20.4 Å². The van der Waals surface area contributed by atoms with E-state index in [-0.39, 0.29) is 5.76 Å². The van der Waals surface area contributed by atoms with Crippen molar-refractivity contribution in [3.8, 4) is 11.5 Å². The highest BCUT2D eigenvalue weighted by atomic mass is 79.9. The molecule has 2 amide bonds. The fourth-order valence-corrected chi connectivity index (χ4v) is 2.07. The van der Waals surface area contributed by atoms with E-state index in [1.54, 1.807) is 18.2 Å². The van der Waals surface area contributed by atoms with Crippen LogP contribution in [0.25, 0.3) is 0 Å². The highest BCUT2D eigenvalue weighted by Crippen LogP contribution is 2.27. The monoisotopic (exact) mass is 382 g/mol. The molecule has 2 N–H and O–H groups in total. The summed E-state index contributed by atoms with van der Waals surface area (Å²) in [6, 6.07) is 7.77. The lowest BCUT2D eigenvalue weighted by Gasteiger charge is -2.11. The van der Waals surface area contributed by atoms with Gasteiger partial charge < -0.3 is 13.9 Å². The first-order valence-electron chi connectivity index (χ1n) is 6.72. The second-order valence-electron chi connectivity index (χ2n) is 4.31. The first kappa shape index (κ1) is 16.9. The molecule has 0 radical (unpaired) electrons. The van der Waals surface area contributed by atoms with Gasteiger partial charge >= 0.3 is 5.91 Å². The van der Waals surface area contributed by atoms with Gasteiger partial charge in [0.15, 0.2) is 21.9 Å². The van der Waals surface area contributed by atoms with Gasteiger partial charge in [0, 0.05) is 5.56 Å². The van der Waals surface area contributed by atoms with Gasteiger partial charge in [0.2, 0.25) is 0 Å². The van der Waals surface area contributed by atoms with E-state index in [0.717, 1.165) is 0 Å². The van der Waals surface area contributed by atoms with Gasteiger partial charge in [-0.1, -0.05) is 0 Å². The van der Waals surface area contributed by atoms with Gasteiger partial charge in [0.05, 0.1) is 13.7 Å². The molecular formula is C15H15BrN2O5. The van der Waals surface area contributed by atoms with Crippen LogP contribution in [-0.4, -0.2) is 25.5 Å². The standard InChI is InChI=1S/C15H15BrN2O5/c1-3-22-10-5-4-9(8-12(10)21-2)14(19)17-18-15(20)11-6-7-13(16)23-11/h4-8H,3H2,1-2H3,(H,17,19)(H,18,20). The first-order valence-corrected chi connectivity index (χ1v) is 7.51. The van der Waals surface area contributed by atoms with E-state index in [9.17, 15) is 9.59 Å². The van der Waals surface area contributed by atoms with Crippen LogP contribution in [0.15, 0.2) is 39.4 Å². The minimum Gasteiger partial charge on any atom is -0.493 e. The number of nitrogens with one attached hydrogen (secondary N) is 2. The van der Waals surface area contributed by atoms with Crippen molar-refractivity contribution in [2.24, 2.45) is 0 Å². The van der Waals surface area contributed by atoms with Gasteiger partial charge in [-0.15, -0.1) is 0 Å². The Morgan fingerprint density at radius 1 is 1.13 bits per heavy atom. The van der Waals surface area contributed by atoms with Crippen LogP contribution in [0.3, 0.4) is 0 Å². The summed E-state index contributed by atoms with van der Waals surface area (Å²) in [5.74, 6) is -0.0227. The van der Waals surface area contributed by atoms with Crippen molar-refractivity contribution in [1.82, 2.24) is 10.9 Å². The van der Waals surface area contributed by atoms with Gasteiger partial charge in [-0.05, 0) is 53.2 Å². The van der Waals surface area contributed by atoms with E-state index in [1.807, 2.05) is 6.92 Å². The Bertz CT molecular complexity index is 714. The Morgan fingerprint density at radius 2 is 1.87 bits per heavy atom. The maximum absolute atomic E-state index is 12.1. The number of amides is 2. The van der Waals surface area contributed by atoms with E-state index in [2.05, 4.69) is 26.8 Å². The molecule has 122 valence electrons. The number of furan rings is 1. The maximum atomic E-state index is 12.1. The predicted molar refractivity (Wildman–Crippen MR) is 85.5 cm³/mol. The van der Waals surface area contributed by atoms with E-state index >= 15 is 0 Å². The Kier molecular flexibility index (Phi) is 5.64. The van der Waals surface area contributed by atoms with Crippen LogP contribution in [0, 0.1) is 0 Å². The highest BCUT2D eigenvalue weighted by Gasteiger charge is 2.14. The number of benzene rings is 1. The van der Waals surface area contributed by atoms with E-state index < -0.39 is 11.8 Å². The third kappa shape index (κ3) is 4.26. The Hall–Kier alpha value is -2.48. The second-order valence-corrected chi connectivity index (χ2v) is 5.09. The summed E-state index contributed by atoms with van der Waals surface area (Å²) in [6.07, 6.45) is 0. The van der Waals surface area contributed by atoms with Crippen molar-refractivity contribution in [3.05, 3.63) is 46.3 Å². The number of carbonyl (C=O) groups excluding carboxylic acids is 2. The molecule has 0 bridgehead atoms. The van der Waals surface area contributed by atoms with Crippen molar-refractivity contribution in [2.75, 3.05) is 13.7 Å². The predicted octanol–water partition coefficient (Wildman–Crippen LogP) is 2.52. The van der Waals surface area contributed by atoms with Crippen molar-refractivity contribution in [2.45, 2.75) is 6.92 Å². The lowest BCUT2D eigenvalue weighted by Crippen LogP contribution is -2.41. The van der Waals surface area contributed by atoms with Crippen molar-refractivity contribution >= 4 is 27.7 Å². The van der Waals surface area contributed by atoms with Crippen molar-refractivity contribution in [3.63, 3.8) is 0 Å². The third-order valence-electron chi connectivity index (χ3n) is 2.81. The molecule has 2 aromatic rings. The molecule has 0 unspecified atom stereocenters. The van der Waals surface area contributed by atoms with Crippen LogP contribution < -0.4 is 20.3 Å². The molecule has 0 aliphatic rings. The van der Waals surface area contributed by atoms with Crippen molar-refractivity contribution < 1.29 is 23.5 Å². The molecule has 1 heterocycles. The number of hydrogen-bond acceptors (Lipinski definition) is 5. The first-order chi connectivity index (χ1) is 11.0. The summed E-state index contributed by atoms with van der Waals surface area (Å²) in [5, 5.41) is 0. The van der Waals surface area contributed by atoms with Crippen molar-refractivity contribution in [1.29, 1.82) is 0 Å². The summed E-state index contributed by atoms with van der Waals surface area (Å²) in [4.78, 5) is 23.8. The maximum Gasteiger partial charge on any atom is 0.305 e. The number of halogens is 1. The van der Waals surface area contributed by atoms with Gasteiger partial charge in [-0.2, -0.15) is 0 Å². The number of methoxy groups -OCH3 is 1. The van der Waals surface area contributed by atoms with E-state index in [1.165, 1.54) is 19.2 Å². The zero-order valence-corrected chi connectivity index (χ0v) is 14.1. The summed E-state index contributed by atoms with van der Waals surface area (Å²) in [5.41, 5.74) is 4.87. The lowest BCUT2D eigenvalue weighted by atomic mass is 10.2. The fraction of sp³-hybridized carbons (Fsp3) is 0.200. The molecule has 0 spiro atoms. The SMILES string of the molecule is CCOc1ccc(C(=O)NNC(=O)c2ccc(Br)o2)cc1OC. The van der Waals surface area contributed by atoms with Crippen LogP contribution >= 0.6 is 15.9 Å². The van der Waals surface area contributed by atoms with Gasteiger partial charge in [0.25, 0.3) is 5.91 Å². The lowest BCUT2D eigenvalue weighted by molar-refractivity contribution is 0.0830. The van der Waals surface area contributed by atoms with Crippen LogP contribution in [0.2, 0.25) is 0 Å². The zero-order chi connectivity index (χ0) is 16.8. The molecule has 23 heavy (non-hydrogen) atoms. The van der Waals surface area contributed by atoms with E-state index in [0.29, 0.717) is 28.3 Å². The molecule has 0 saturated carbocycles. The molecule has 0 atom stereocenters. The quantitative estimate of drug-likeness (QED) is 0.775. The smallest absolute Gasteiger partial charge is 0.305 e. The molecule has 0 fully saturated rings. The number of rotatable bonds is 5. The molecule has 7 nitrogen and oxygen atoms in total. The van der Waals surface area contributed by atoms with Gasteiger partial charge in [-0.25, -0.2) is 0 Å². The van der Waals surface area contributed by atoms with E-state index in [4.69, 9.17) is 13.9 Å². The molecule has 1 aromatic heterocycles. The van der Waals surface area contributed by atoms with Crippen LogP contribution in [0.1, 0.15) is 27.8 Å². The number of hydrazine groups is 1. The van der Waals surface area contributed by atoms with Gasteiger partial charge in [0.1, 0.15) is 0 Å². The third-order valence-corrected chi connectivity index (χ3v) is 3.24. The number of hydrogen-bond donors (Lipinski definition) is 2. The molecule has 2 rings (SSSR count). The molecule has 1 aromatic carbocycles. The molecule has 0 aliphatic carbocycles. The second kappa shape index (κ2) is 7.68. The summed E-state index contributed by atoms with van der Waals surface area (Å²) in [7, 11) is 1.48. The number of carbonyl (C=O) groups is 2. The minimum absolute atomic E-state index is 0.0708. The fourth-order valence-electron chi connectivity index (χ4n) is 1.77. The summed E-state index contributed by atoms with van der Waals surface area (Å²) >= 11 is 3.09. The Balaban J connectivity index is 2.01. The average molecular weight is 383 g/mol. The number of ether oxygens (including phenoxy) is 2. The normalized spacial score (nSPS) is 10.0.